The maximum absolute atomic E-state index is 9.98. The van der Waals surface area contributed by atoms with Crippen molar-refractivity contribution in [2.45, 2.75) is 65.0 Å². The average Bonchev–Trinajstić information content (AvgIpc) is 2.63. The van der Waals surface area contributed by atoms with Crippen molar-refractivity contribution < 1.29 is 5.11 Å². The average molecular weight is 222 g/mol. The minimum absolute atomic E-state index is 0.152. The molecule has 1 N–H and O–H groups in total. The third-order valence-electron chi connectivity index (χ3n) is 3.73. The summed E-state index contributed by atoms with van der Waals surface area (Å²) < 4.78 is 2.25. The summed E-state index contributed by atoms with van der Waals surface area (Å²) in [6.45, 7) is 6.18. The second kappa shape index (κ2) is 4.58. The summed E-state index contributed by atoms with van der Waals surface area (Å²) in [6.07, 6.45) is 5.28. The number of nitrogens with zero attached hydrogens (tertiary/aromatic N) is 2. The highest BCUT2D eigenvalue weighted by atomic mass is 16.3. The number of aryl methyl sites for hydroxylation is 2. The van der Waals surface area contributed by atoms with Gasteiger partial charge < -0.3 is 9.67 Å². The highest BCUT2D eigenvalue weighted by molar-refractivity contribution is 5.21. The van der Waals surface area contributed by atoms with E-state index >= 15 is 0 Å². The lowest BCUT2D eigenvalue weighted by Gasteiger charge is -2.24. The van der Waals surface area contributed by atoms with E-state index in [4.69, 9.17) is 0 Å². The lowest BCUT2D eigenvalue weighted by atomic mass is 10.00. The fraction of sp³-hybridized carbons (Fsp3) is 0.769. The van der Waals surface area contributed by atoms with E-state index in [1.165, 1.54) is 24.2 Å². The fourth-order valence-electron chi connectivity index (χ4n) is 2.75. The highest BCUT2D eigenvalue weighted by Gasteiger charge is 2.23. The quantitative estimate of drug-likeness (QED) is 0.852. The van der Waals surface area contributed by atoms with Crippen LogP contribution in [0.4, 0.5) is 0 Å². The molecule has 0 saturated heterocycles. The summed E-state index contributed by atoms with van der Waals surface area (Å²) in [7, 11) is 0. The zero-order valence-electron chi connectivity index (χ0n) is 10.5. The normalized spacial score (nSPS) is 19.2. The minimum atomic E-state index is -0.265. The Morgan fingerprint density at radius 3 is 2.75 bits per heavy atom. The van der Waals surface area contributed by atoms with Gasteiger partial charge in [-0.3, -0.25) is 0 Å². The van der Waals surface area contributed by atoms with E-state index < -0.39 is 0 Å². The Bertz CT molecular complexity index is 370. The monoisotopic (exact) mass is 222 g/mol. The third-order valence-corrected chi connectivity index (χ3v) is 3.73. The molecule has 90 valence electrons. The van der Waals surface area contributed by atoms with E-state index in [1.54, 1.807) is 0 Å². The van der Waals surface area contributed by atoms with Crippen LogP contribution in [0.5, 0.6) is 0 Å². The first-order chi connectivity index (χ1) is 7.65. The van der Waals surface area contributed by atoms with Gasteiger partial charge in [-0.05, 0) is 46.0 Å². The smallest absolute Gasteiger partial charge is 0.106 e. The summed E-state index contributed by atoms with van der Waals surface area (Å²) in [5.74, 6) is 1.06. The van der Waals surface area contributed by atoms with Crippen LogP contribution in [0.25, 0.3) is 0 Å². The molecule has 0 bridgehead atoms. The van der Waals surface area contributed by atoms with E-state index in [0.29, 0.717) is 0 Å². The molecule has 3 heteroatoms. The third kappa shape index (κ3) is 1.88. The first-order valence-electron chi connectivity index (χ1n) is 6.39. The summed E-state index contributed by atoms with van der Waals surface area (Å²) in [6, 6.07) is 0.152. The largest absolute Gasteiger partial charge is 0.391 e. The van der Waals surface area contributed by atoms with Crippen LogP contribution in [0.15, 0.2) is 0 Å². The molecular formula is C13H22N2O. The molecule has 2 atom stereocenters. The molecule has 1 aromatic rings. The molecule has 0 amide bonds. The molecule has 0 fully saturated rings. The second-order valence-electron chi connectivity index (χ2n) is 4.85. The van der Waals surface area contributed by atoms with Crippen LogP contribution in [0, 0.1) is 6.92 Å². The molecule has 1 heterocycles. The summed E-state index contributed by atoms with van der Waals surface area (Å²) in [4.78, 5) is 4.64. The molecule has 0 spiro atoms. The number of aromatic nitrogens is 2. The lowest BCUT2D eigenvalue weighted by Crippen LogP contribution is -2.24. The molecule has 1 aromatic heterocycles. The molecule has 1 aliphatic rings. The van der Waals surface area contributed by atoms with Crippen molar-refractivity contribution in [3.63, 3.8) is 0 Å². The summed E-state index contributed by atoms with van der Waals surface area (Å²) in [5.41, 5.74) is 2.63. The maximum Gasteiger partial charge on any atom is 0.106 e. The van der Waals surface area contributed by atoms with Gasteiger partial charge in [0.25, 0.3) is 0 Å². The Hall–Kier alpha value is -0.830. The summed E-state index contributed by atoms with van der Waals surface area (Å²) >= 11 is 0. The SMILES string of the molecule is CCC(O)C(C)n1c(C)nc2c1CCCC2. The van der Waals surface area contributed by atoms with Gasteiger partial charge in [-0.25, -0.2) is 4.98 Å². The first kappa shape index (κ1) is 11.6. The van der Waals surface area contributed by atoms with Crippen molar-refractivity contribution in [2.75, 3.05) is 0 Å². The van der Waals surface area contributed by atoms with Crippen LogP contribution in [-0.2, 0) is 12.8 Å². The molecule has 3 nitrogen and oxygen atoms in total. The van der Waals surface area contributed by atoms with Gasteiger partial charge >= 0.3 is 0 Å². The van der Waals surface area contributed by atoms with Crippen LogP contribution < -0.4 is 0 Å². The standard InChI is InChI=1S/C13H22N2O/c1-4-13(16)9(2)15-10(3)14-11-7-5-6-8-12(11)15/h9,13,16H,4-8H2,1-3H3. The number of fused-ring (bicyclic) bond motifs is 1. The topological polar surface area (TPSA) is 38.0 Å². The molecule has 0 saturated carbocycles. The first-order valence-corrected chi connectivity index (χ1v) is 6.39. The van der Waals surface area contributed by atoms with Crippen LogP contribution in [0.3, 0.4) is 0 Å². The Kier molecular flexibility index (Phi) is 3.33. The second-order valence-corrected chi connectivity index (χ2v) is 4.85. The molecule has 0 aliphatic heterocycles. The van der Waals surface area contributed by atoms with Gasteiger partial charge in [-0.1, -0.05) is 6.92 Å². The van der Waals surface area contributed by atoms with Crippen molar-refractivity contribution >= 4 is 0 Å². The number of hydrogen-bond donors (Lipinski definition) is 1. The number of aliphatic hydroxyl groups excluding tert-OH is 1. The van der Waals surface area contributed by atoms with Crippen molar-refractivity contribution in [1.29, 1.82) is 0 Å². The molecular weight excluding hydrogens is 200 g/mol. The van der Waals surface area contributed by atoms with Gasteiger partial charge in [0.1, 0.15) is 5.82 Å². The van der Waals surface area contributed by atoms with Gasteiger partial charge in [0.05, 0.1) is 17.8 Å². The van der Waals surface area contributed by atoms with E-state index in [-0.39, 0.29) is 12.1 Å². The van der Waals surface area contributed by atoms with Gasteiger partial charge in [-0.15, -0.1) is 0 Å². The zero-order valence-corrected chi connectivity index (χ0v) is 10.5. The van der Waals surface area contributed by atoms with Crippen molar-refractivity contribution in [3.8, 4) is 0 Å². The molecule has 2 unspecified atom stereocenters. The van der Waals surface area contributed by atoms with Gasteiger partial charge in [0.2, 0.25) is 0 Å². The Balaban J connectivity index is 2.36. The Morgan fingerprint density at radius 2 is 2.06 bits per heavy atom. The van der Waals surface area contributed by atoms with Gasteiger partial charge in [-0.2, -0.15) is 0 Å². The maximum atomic E-state index is 9.98. The van der Waals surface area contributed by atoms with Crippen LogP contribution in [0.1, 0.15) is 56.4 Å². The summed E-state index contributed by atoms with van der Waals surface area (Å²) in [5, 5.41) is 9.98. The van der Waals surface area contributed by atoms with Gasteiger partial charge in [0, 0.05) is 5.69 Å². The van der Waals surface area contributed by atoms with Crippen molar-refractivity contribution in [1.82, 2.24) is 9.55 Å². The van der Waals surface area contributed by atoms with Crippen molar-refractivity contribution in [2.24, 2.45) is 0 Å². The highest BCUT2D eigenvalue weighted by Crippen LogP contribution is 2.27. The molecule has 0 aromatic carbocycles. The van der Waals surface area contributed by atoms with Crippen LogP contribution >= 0.6 is 0 Å². The fourth-order valence-corrected chi connectivity index (χ4v) is 2.75. The van der Waals surface area contributed by atoms with Crippen LogP contribution in [0.2, 0.25) is 0 Å². The van der Waals surface area contributed by atoms with E-state index in [2.05, 4.69) is 23.4 Å². The number of imidazole rings is 1. The number of aliphatic hydroxyl groups is 1. The van der Waals surface area contributed by atoms with Crippen LogP contribution in [-0.4, -0.2) is 20.8 Å². The molecule has 0 radical (unpaired) electrons. The Labute approximate surface area is 97.5 Å². The zero-order chi connectivity index (χ0) is 11.7. The predicted octanol–water partition coefficient (Wildman–Crippen LogP) is 2.40. The Morgan fingerprint density at radius 1 is 1.38 bits per heavy atom. The predicted molar refractivity (Wildman–Crippen MR) is 64.6 cm³/mol. The lowest BCUT2D eigenvalue weighted by molar-refractivity contribution is 0.114. The van der Waals surface area contributed by atoms with E-state index in [1.807, 2.05) is 6.92 Å². The number of rotatable bonds is 3. The van der Waals surface area contributed by atoms with Crippen molar-refractivity contribution in [3.05, 3.63) is 17.2 Å². The van der Waals surface area contributed by atoms with Gasteiger partial charge in [0.15, 0.2) is 0 Å². The van der Waals surface area contributed by atoms with E-state index in [9.17, 15) is 5.11 Å². The molecule has 1 aliphatic carbocycles. The molecule has 2 rings (SSSR count). The number of hydrogen-bond acceptors (Lipinski definition) is 2. The van der Waals surface area contributed by atoms with E-state index in [0.717, 1.165) is 25.1 Å². The molecule has 16 heavy (non-hydrogen) atoms. The minimum Gasteiger partial charge on any atom is -0.391 e.